The minimum atomic E-state index is -0.105. The normalized spacial score (nSPS) is 10.3. The summed E-state index contributed by atoms with van der Waals surface area (Å²) in [5.74, 6) is -0.105. The van der Waals surface area contributed by atoms with E-state index < -0.39 is 0 Å². The van der Waals surface area contributed by atoms with Crippen LogP contribution >= 0.6 is 23.2 Å². The van der Waals surface area contributed by atoms with Gasteiger partial charge in [-0.25, -0.2) is 0 Å². The monoisotopic (exact) mass is 313 g/mol. The topological polar surface area (TPSA) is 56.1 Å². The van der Waals surface area contributed by atoms with Gasteiger partial charge in [-0.15, -0.1) is 0 Å². The van der Waals surface area contributed by atoms with Crippen molar-refractivity contribution in [2.45, 2.75) is 19.3 Å². The highest BCUT2D eigenvalue weighted by molar-refractivity contribution is 6.42. The summed E-state index contributed by atoms with van der Waals surface area (Å²) in [7, 11) is 1.88. The lowest BCUT2D eigenvalue weighted by atomic mass is 10.2. The fraction of sp³-hybridized carbons (Fsp3) is 0.429. The molecule has 0 spiro atoms. The fourth-order valence-electron chi connectivity index (χ4n) is 1.68. The van der Waals surface area contributed by atoms with Gasteiger partial charge in [0.25, 0.3) is 0 Å². The van der Waals surface area contributed by atoms with Crippen LogP contribution in [0.15, 0.2) is 18.2 Å². The van der Waals surface area contributed by atoms with E-state index in [-0.39, 0.29) is 5.91 Å². The number of benzene rings is 1. The molecule has 0 atom stereocenters. The number of rotatable bonds is 7. The van der Waals surface area contributed by atoms with E-state index in [0.29, 0.717) is 28.7 Å². The second kappa shape index (κ2) is 8.80. The van der Waals surface area contributed by atoms with Crippen LogP contribution in [0.4, 0.5) is 5.69 Å². The maximum Gasteiger partial charge on any atom is 0.238 e. The van der Waals surface area contributed by atoms with Gasteiger partial charge in [0.1, 0.15) is 0 Å². The van der Waals surface area contributed by atoms with Crippen LogP contribution in [0.2, 0.25) is 10.0 Å². The highest BCUT2D eigenvalue weighted by Gasteiger charge is 2.07. The lowest BCUT2D eigenvalue weighted by Crippen LogP contribution is -2.30. The zero-order chi connectivity index (χ0) is 15.0. The lowest BCUT2D eigenvalue weighted by Gasteiger charge is -2.16. The number of amides is 1. The Morgan fingerprint density at radius 2 is 2.10 bits per heavy atom. The molecule has 1 aromatic carbocycles. The third-order valence-corrected chi connectivity index (χ3v) is 3.43. The predicted molar refractivity (Wildman–Crippen MR) is 82.1 cm³/mol. The summed E-state index contributed by atoms with van der Waals surface area (Å²) in [4.78, 5) is 13.7. The van der Waals surface area contributed by atoms with Crippen LogP contribution in [0.5, 0.6) is 0 Å². The molecule has 0 aliphatic rings. The van der Waals surface area contributed by atoms with Gasteiger partial charge in [-0.1, -0.05) is 23.2 Å². The number of halogens is 2. The van der Waals surface area contributed by atoms with Crippen molar-refractivity contribution in [2.75, 3.05) is 25.5 Å². The third-order valence-electron chi connectivity index (χ3n) is 2.70. The van der Waals surface area contributed by atoms with Gasteiger partial charge in [-0.05, 0) is 44.6 Å². The summed E-state index contributed by atoms with van der Waals surface area (Å²) >= 11 is 11.7. The van der Waals surface area contributed by atoms with E-state index in [1.165, 1.54) is 0 Å². The summed E-state index contributed by atoms with van der Waals surface area (Å²) in [6.07, 6.45) is 2.32. The highest BCUT2D eigenvalue weighted by Crippen LogP contribution is 2.24. The van der Waals surface area contributed by atoms with Crippen molar-refractivity contribution in [3.05, 3.63) is 28.2 Å². The van der Waals surface area contributed by atoms with E-state index in [9.17, 15) is 4.79 Å². The molecule has 0 aliphatic carbocycles. The molecule has 1 aromatic rings. The quantitative estimate of drug-likeness (QED) is 0.783. The van der Waals surface area contributed by atoms with Gasteiger partial charge in [0.2, 0.25) is 5.91 Å². The van der Waals surface area contributed by atoms with Crippen LogP contribution in [-0.4, -0.2) is 30.9 Å². The molecule has 0 radical (unpaired) electrons. The molecule has 6 heteroatoms. The molecule has 1 amide bonds. The zero-order valence-electron chi connectivity index (χ0n) is 11.3. The molecule has 0 aromatic heterocycles. The van der Waals surface area contributed by atoms with Gasteiger partial charge in [0, 0.05) is 12.1 Å². The van der Waals surface area contributed by atoms with E-state index in [4.69, 9.17) is 28.5 Å². The van der Waals surface area contributed by atoms with Gasteiger partial charge in [0.05, 0.1) is 22.7 Å². The standard InChI is InChI=1S/C14H17Cl2N3O/c1-19(8-4-2-3-7-17)10-14(20)18-11-5-6-12(15)13(16)9-11/h5-6,9H,2-4,8,10H2,1H3,(H,18,20). The van der Waals surface area contributed by atoms with Crippen LogP contribution in [-0.2, 0) is 4.79 Å². The number of unbranched alkanes of at least 4 members (excludes halogenated alkanes) is 2. The molecule has 1 rings (SSSR count). The largest absolute Gasteiger partial charge is 0.325 e. The maximum absolute atomic E-state index is 11.8. The number of hydrogen-bond acceptors (Lipinski definition) is 3. The van der Waals surface area contributed by atoms with Crippen LogP contribution in [0, 0.1) is 11.3 Å². The van der Waals surface area contributed by atoms with E-state index in [0.717, 1.165) is 19.4 Å². The van der Waals surface area contributed by atoms with E-state index in [1.54, 1.807) is 18.2 Å². The van der Waals surface area contributed by atoms with E-state index >= 15 is 0 Å². The summed E-state index contributed by atoms with van der Waals surface area (Å²) in [5.41, 5.74) is 0.627. The Morgan fingerprint density at radius 1 is 1.35 bits per heavy atom. The van der Waals surface area contributed by atoms with E-state index in [2.05, 4.69) is 11.4 Å². The molecular weight excluding hydrogens is 297 g/mol. The Labute approximate surface area is 129 Å². The molecular formula is C14H17Cl2N3O. The molecule has 0 fully saturated rings. The Morgan fingerprint density at radius 3 is 2.75 bits per heavy atom. The van der Waals surface area contributed by atoms with Crippen LogP contribution in [0.25, 0.3) is 0 Å². The molecule has 0 saturated carbocycles. The Kier molecular flexibility index (Phi) is 7.38. The molecule has 0 saturated heterocycles. The minimum Gasteiger partial charge on any atom is -0.325 e. The predicted octanol–water partition coefficient (Wildman–Crippen LogP) is 3.56. The first-order valence-corrected chi connectivity index (χ1v) is 7.09. The maximum atomic E-state index is 11.8. The number of hydrogen-bond donors (Lipinski definition) is 1. The van der Waals surface area contributed by atoms with Crippen molar-refractivity contribution < 1.29 is 4.79 Å². The highest BCUT2D eigenvalue weighted by atomic mass is 35.5. The third kappa shape index (κ3) is 6.25. The van der Waals surface area contributed by atoms with Crippen LogP contribution < -0.4 is 5.32 Å². The first kappa shape index (κ1) is 16.8. The molecule has 0 bridgehead atoms. The summed E-state index contributed by atoms with van der Waals surface area (Å²) in [6, 6.07) is 7.07. The number of likely N-dealkylation sites (N-methyl/N-ethyl adjacent to an activating group) is 1. The van der Waals surface area contributed by atoms with Crippen LogP contribution in [0.3, 0.4) is 0 Å². The Bertz CT molecular complexity index is 500. The van der Waals surface area contributed by atoms with Crippen LogP contribution in [0.1, 0.15) is 19.3 Å². The van der Waals surface area contributed by atoms with Gasteiger partial charge in [-0.3, -0.25) is 9.69 Å². The van der Waals surface area contributed by atoms with E-state index in [1.807, 2.05) is 11.9 Å². The zero-order valence-corrected chi connectivity index (χ0v) is 12.8. The molecule has 0 aliphatic heterocycles. The van der Waals surface area contributed by atoms with Gasteiger partial charge in [0.15, 0.2) is 0 Å². The van der Waals surface area contributed by atoms with Gasteiger partial charge >= 0.3 is 0 Å². The Hall–Kier alpha value is -1.28. The number of nitrogens with zero attached hydrogens (tertiary/aromatic N) is 2. The first-order valence-electron chi connectivity index (χ1n) is 6.33. The number of nitrogens with one attached hydrogen (secondary N) is 1. The van der Waals surface area contributed by atoms with Crippen molar-refractivity contribution >= 4 is 34.8 Å². The second-order valence-electron chi connectivity index (χ2n) is 4.53. The Balaban J connectivity index is 2.35. The van der Waals surface area contributed by atoms with Crippen molar-refractivity contribution in [3.63, 3.8) is 0 Å². The minimum absolute atomic E-state index is 0.105. The number of carbonyl (C=O) groups excluding carboxylic acids is 1. The molecule has 108 valence electrons. The number of carbonyl (C=O) groups is 1. The van der Waals surface area contributed by atoms with Crippen molar-refractivity contribution in [2.24, 2.45) is 0 Å². The summed E-state index contributed by atoms with van der Waals surface area (Å²) < 4.78 is 0. The summed E-state index contributed by atoms with van der Waals surface area (Å²) in [5, 5.41) is 12.1. The average molecular weight is 314 g/mol. The average Bonchev–Trinajstić information content (AvgIpc) is 2.39. The molecule has 4 nitrogen and oxygen atoms in total. The molecule has 20 heavy (non-hydrogen) atoms. The van der Waals surface area contributed by atoms with Gasteiger partial charge < -0.3 is 5.32 Å². The SMILES string of the molecule is CN(CCCCC#N)CC(=O)Nc1ccc(Cl)c(Cl)c1. The molecule has 0 unspecified atom stereocenters. The smallest absolute Gasteiger partial charge is 0.238 e. The first-order chi connectivity index (χ1) is 9.52. The van der Waals surface area contributed by atoms with Crippen molar-refractivity contribution in [3.8, 4) is 6.07 Å². The number of nitriles is 1. The van der Waals surface area contributed by atoms with Crippen molar-refractivity contribution in [1.82, 2.24) is 4.90 Å². The van der Waals surface area contributed by atoms with Gasteiger partial charge in [-0.2, -0.15) is 5.26 Å². The summed E-state index contributed by atoms with van der Waals surface area (Å²) in [6.45, 7) is 1.09. The number of anilines is 1. The second-order valence-corrected chi connectivity index (χ2v) is 5.34. The lowest BCUT2D eigenvalue weighted by molar-refractivity contribution is -0.117. The molecule has 1 N–H and O–H groups in total. The molecule has 0 heterocycles. The fourth-order valence-corrected chi connectivity index (χ4v) is 1.98. The van der Waals surface area contributed by atoms with Crippen molar-refractivity contribution in [1.29, 1.82) is 5.26 Å².